The van der Waals surface area contributed by atoms with Crippen LogP contribution in [-0.4, -0.2) is 51.8 Å². The standard InChI is InChI=1S/C19H34P.C14H16P.C9H14P/c1-4-7-15-20(16-8-5-2,17-9-6-3)18-19-13-11-10-12-14-19;1-15(2,13-9-5-3-6-10-13)14-11-7-4-8-12-14;1-10(2,3)9-7-5-4-6-8-9/h10-14H,4-9,15-18H2,1-3H3;3-12H,1-2H3;4-8H,1-3H3/q3*+1. The van der Waals surface area contributed by atoms with Crippen LogP contribution in [0.15, 0.2) is 121 Å². The maximum absolute atomic E-state index is 2.37. The third kappa shape index (κ3) is 14.6. The molecule has 0 spiro atoms. The summed E-state index contributed by atoms with van der Waals surface area (Å²) in [6.07, 6.45) is 14.4. The second-order valence-corrected chi connectivity index (χ2v) is 26.5. The highest BCUT2D eigenvalue weighted by atomic mass is 31.2. The van der Waals surface area contributed by atoms with Crippen molar-refractivity contribution in [2.24, 2.45) is 0 Å². The van der Waals surface area contributed by atoms with E-state index < -0.39 is 21.8 Å². The molecule has 0 atom stereocenters. The molecule has 0 aliphatic rings. The van der Waals surface area contributed by atoms with Gasteiger partial charge in [-0.3, -0.25) is 0 Å². The predicted molar refractivity (Wildman–Crippen MR) is 218 cm³/mol. The average molecular weight is 662 g/mol. The minimum absolute atomic E-state index is 0.768. The molecule has 0 unspecified atom stereocenters. The van der Waals surface area contributed by atoms with Gasteiger partial charge in [-0.25, -0.2) is 0 Å². The lowest BCUT2D eigenvalue weighted by Gasteiger charge is -2.28. The van der Waals surface area contributed by atoms with E-state index in [9.17, 15) is 0 Å². The molecule has 45 heavy (non-hydrogen) atoms. The molecule has 0 saturated heterocycles. The Morgan fingerprint density at radius 3 is 1.00 bits per heavy atom. The van der Waals surface area contributed by atoms with E-state index in [4.69, 9.17) is 0 Å². The molecule has 0 aliphatic carbocycles. The zero-order valence-electron chi connectivity index (χ0n) is 30.0. The van der Waals surface area contributed by atoms with Crippen molar-refractivity contribution in [3.8, 4) is 0 Å². The molecule has 244 valence electrons. The van der Waals surface area contributed by atoms with Crippen molar-refractivity contribution in [3.63, 3.8) is 0 Å². The Morgan fingerprint density at radius 2 is 0.711 bits per heavy atom. The smallest absolute Gasteiger partial charge is 0.0652 e. The van der Waals surface area contributed by atoms with E-state index in [1.165, 1.54) is 79.1 Å². The zero-order valence-corrected chi connectivity index (χ0v) is 32.6. The largest absolute Gasteiger partial charge is 0.0985 e. The lowest BCUT2D eigenvalue weighted by Crippen LogP contribution is -2.19. The lowest BCUT2D eigenvalue weighted by molar-refractivity contribution is 0.832. The highest BCUT2D eigenvalue weighted by molar-refractivity contribution is 7.88. The van der Waals surface area contributed by atoms with Crippen LogP contribution in [-0.2, 0) is 6.16 Å². The summed E-state index contributed by atoms with van der Waals surface area (Å²) in [5.74, 6) is 0. The molecule has 0 radical (unpaired) electrons. The maximum Gasteiger partial charge on any atom is 0.0985 e. The van der Waals surface area contributed by atoms with Crippen molar-refractivity contribution in [1.82, 2.24) is 0 Å². The molecule has 3 heteroatoms. The lowest BCUT2D eigenvalue weighted by atomic mass is 10.2. The topological polar surface area (TPSA) is 0 Å². The van der Waals surface area contributed by atoms with Crippen LogP contribution >= 0.6 is 21.8 Å². The van der Waals surface area contributed by atoms with E-state index in [0.717, 1.165) is 0 Å². The summed E-state index contributed by atoms with van der Waals surface area (Å²) in [5.41, 5.74) is 1.59. The molecule has 0 aromatic heterocycles. The van der Waals surface area contributed by atoms with E-state index in [0.29, 0.717) is 0 Å². The summed E-state index contributed by atoms with van der Waals surface area (Å²) in [6.45, 7) is 18.8. The number of benzene rings is 4. The third-order valence-electron chi connectivity index (χ3n) is 8.65. The van der Waals surface area contributed by atoms with Gasteiger partial charge >= 0.3 is 0 Å². The van der Waals surface area contributed by atoms with Crippen molar-refractivity contribution in [3.05, 3.63) is 127 Å². The molecule has 0 amide bonds. The highest BCUT2D eigenvalue weighted by Gasteiger charge is 2.35. The Balaban J connectivity index is 0.000000248. The Kier molecular flexibility index (Phi) is 18.5. The van der Waals surface area contributed by atoms with Gasteiger partial charge in [-0.15, -0.1) is 0 Å². The quantitative estimate of drug-likeness (QED) is 0.118. The van der Waals surface area contributed by atoms with Gasteiger partial charge in [0.2, 0.25) is 0 Å². The van der Waals surface area contributed by atoms with Crippen molar-refractivity contribution < 1.29 is 0 Å². The van der Waals surface area contributed by atoms with Crippen LogP contribution in [0.5, 0.6) is 0 Å². The summed E-state index contributed by atoms with van der Waals surface area (Å²) < 4.78 is 0. The normalized spacial score (nSPS) is 11.6. The molecule has 0 nitrogen and oxygen atoms in total. The van der Waals surface area contributed by atoms with Gasteiger partial charge < -0.3 is 0 Å². The molecule has 4 rings (SSSR count). The van der Waals surface area contributed by atoms with Crippen LogP contribution in [0.25, 0.3) is 0 Å². The van der Waals surface area contributed by atoms with Crippen LogP contribution in [0.4, 0.5) is 0 Å². The van der Waals surface area contributed by atoms with Crippen molar-refractivity contribution in [2.45, 2.75) is 65.5 Å². The number of hydrogen-bond donors (Lipinski definition) is 0. The summed E-state index contributed by atoms with van der Waals surface area (Å²) in [6, 6.07) is 43.6. The van der Waals surface area contributed by atoms with Crippen LogP contribution in [0.1, 0.15) is 64.9 Å². The van der Waals surface area contributed by atoms with Gasteiger partial charge in [-0.05, 0) is 61.2 Å². The second-order valence-electron chi connectivity index (χ2n) is 13.7. The van der Waals surface area contributed by atoms with Crippen LogP contribution in [0, 0.1) is 0 Å². The average Bonchev–Trinajstić information content (AvgIpc) is 3.07. The molecule has 4 aromatic rings. The van der Waals surface area contributed by atoms with Gasteiger partial charge in [0, 0.05) is 14.5 Å². The Hall–Kier alpha value is -1.83. The first kappa shape index (κ1) is 39.3. The summed E-state index contributed by atoms with van der Waals surface area (Å²) in [5, 5.41) is 4.45. The van der Waals surface area contributed by atoms with Crippen molar-refractivity contribution in [1.29, 1.82) is 0 Å². The molecule has 0 saturated carbocycles. The fraction of sp³-hybridized carbons (Fsp3) is 0.429. The first-order valence-electron chi connectivity index (χ1n) is 17.3. The fourth-order valence-corrected chi connectivity index (χ4v) is 13.9. The van der Waals surface area contributed by atoms with E-state index in [2.05, 4.69) is 175 Å². The fourth-order valence-electron chi connectivity index (χ4n) is 5.65. The van der Waals surface area contributed by atoms with Gasteiger partial charge in [-0.2, -0.15) is 0 Å². The number of rotatable bonds is 14. The van der Waals surface area contributed by atoms with Gasteiger partial charge in [0.05, 0.1) is 81.1 Å². The first-order valence-corrected chi connectivity index (χ1v) is 25.6. The van der Waals surface area contributed by atoms with E-state index in [1.807, 2.05) is 0 Å². The SMILES string of the molecule is CCCC[P+](CCCC)(CCCC)Cc1ccccc1.C[P+](C)(C)c1ccccc1.C[P+](C)(c1ccccc1)c1ccccc1. The summed E-state index contributed by atoms with van der Waals surface area (Å²) in [4.78, 5) is 0. The van der Waals surface area contributed by atoms with Gasteiger partial charge in [-0.1, -0.05) is 125 Å². The Morgan fingerprint density at radius 1 is 0.400 bits per heavy atom. The van der Waals surface area contributed by atoms with Crippen molar-refractivity contribution in [2.75, 3.05) is 51.8 Å². The molecular weight excluding hydrogens is 597 g/mol. The van der Waals surface area contributed by atoms with Crippen LogP contribution in [0.2, 0.25) is 0 Å². The van der Waals surface area contributed by atoms with E-state index >= 15 is 0 Å². The Labute approximate surface area is 280 Å². The monoisotopic (exact) mass is 661 g/mol. The van der Waals surface area contributed by atoms with Gasteiger partial charge in [0.25, 0.3) is 0 Å². The minimum Gasteiger partial charge on any atom is -0.0652 e. The van der Waals surface area contributed by atoms with E-state index in [-0.39, 0.29) is 0 Å². The van der Waals surface area contributed by atoms with Crippen LogP contribution < -0.4 is 15.9 Å². The van der Waals surface area contributed by atoms with Crippen LogP contribution in [0.3, 0.4) is 0 Å². The summed E-state index contributed by atoms with van der Waals surface area (Å²) in [7, 11) is -2.68. The Bertz CT molecular complexity index is 1200. The molecule has 0 N–H and O–H groups in total. The molecule has 4 aromatic carbocycles. The van der Waals surface area contributed by atoms with E-state index in [1.54, 1.807) is 5.56 Å². The molecule has 0 bridgehead atoms. The maximum atomic E-state index is 2.37. The van der Waals surface area contributed by atoms with Gasteiger partial charge in [0.15, 0.2) is 0 Å². The first-order chi connectivity index (χ1) is 21.6. The molecule has 0 fully saturated rings. The minimum atomic E-state index is -1.15. The number of unbranched alkanes of at least 4 members (excludes halogenated alkanes) is 3. The second kappa shape index (κ2) is 21.1. The molecular formula is C42H64P3+3. The van der Waals surface area contributed by atoms with Gasteiger partial charge in [0.1, 0.15) is 0 Å². The number of hydrogen-bond acceptors (Lipinski definition) is 0. The van der Waals surface area contributed by atoms with Crippen molar-refractivity contribution >= 4 is 37.7 Å². The predicted octanol–water partition coefficient (Wildman–Crippen LogP) is 11.7. The third-order valence-corrected chi connectivity index (χ3v) is 18.5. The molecule has 0 aliphatic heterocycles. The summed E-state index contributed by atoms with van der Waals surface area (Å²) >= 11 is 0. The zero-order chi connectivity index (χ0) is 33.0. The highest BCUT2D eigenvalue weighted by Crippen LogP contribution is 2.63. The molecule has 0 heterocycles.